The summed E-state index contributed by atoms with van der Waals surface area (Å²) in [6.45, 7) is 0. The number of aromatic amines is 1. The van der Waals surface area contributed by atoms with E-state index in [4.69, 9.17) is 10.4 Å². The number of fused-ring (bicyclic) bond motifs is 1. The Hall–Kier alpha value is -3.02. The standard InChI is InChI=1S/C14H10F3N3O3/c15-14(16,17)13(23)20-10(12(21)22)4-8-6-19-9-3-1-2-7(5-18)11(8)9/h1-3,6,10,19H,4H2,(H,20,23)(H,21,22)/t10-/m0/s1. The fourth-order valence-corrected chi connectivity index (χ4v) is 2.17. The predicted molar refractivity (Wildman–Crippen MR) is 72.3 cm³/mol. The van der Waals surface area contributed by atoms with E-state index in [2.05, 4.69) is 4.98 Å². The van der Waals surface area contributed by atoms with Crippen molar-refractivity contribution in [2.24, 2.45) is 0 Å². The first kappa shape index (κ1) is 16.4. The van der Waals surface area contributed by atoms with Crippen LogP contribution in [0.1, 0.15) is 11.1 Å². The Kier molecular flexibility index (Phi) is 4.27. The van der Waals surface area contributed by atoms with E-state index in [1.807, 2.05) is 6.07 Å². The van der Waals surface area contributed by atoms with Gasteiger partial charge in [-0.05, 0) is 17.7 Å². The number of benzene rings is 1. The third-order valence-electron chi connectivity index (χ3n) is 3.19. The Morgan fingerprint density at radius 2 is 2.09 bits per heavy atom. The van der Waals surface area contributed by atoms with Crippen LogP contribution in [-0.2, 0) is 16.0 Å². The maximum Gasteiger partial charge on any atom is 0.471 e. The summed E-state index contributed by atoms with van der Waals surface area (Å²) in [5, 5.41) is 20.0. The summed E-state index contributed by atoms with van der Waals surface area (Å²) >= 11 is 0. The lowest BCUT2D eigenvalue weighted by Crippen LogP contribution is -2.47. The number of alkyl halides is 3. The summed E-state index contributed by atoms with van der Waals surface area (Å²) < 4.78 is 36.8. The highest BCUT2D eigenvalue weighted by molar-refractivity contribution is 5.91. The zero-order valence-corrected chi connectivity index (χ0v) is 11.4. The fourth-order valence-electron chi connectivity index (χ4n) is 2.17. The van der Waals surface area contributed by atoms with Gasteiger partial charge in [-0.1, -0.05) is 6.07 Å². The molecule has 1 aromatic heterocycles. The van der Waals surface area contributed by atoms with Gasteiger partial charge < -0.3 is 15.4 Å². The van der Waals surface area contributed by atoms with Gasteiger partial charge in [-0.15, -0.1) is 0 Å². The maximum absolute atomic E-state index is 12.3. The van der Waals surface area contributed by atoms with E-state index in [0.717, 1.165) is 0 Å². The van der Waals surface area contributed by atoms with Crippen LogP contribution in [0.25, 0.3) is 10.9 Å². The number of hydrogen-bond acceptors (Lipinski definition) is 3. The molecule has 0 aliphatic carbocycles. The third kappa shape index (κ3) is 3.42. The molecule has 0 saturated carbocycles. The highest BCUT2D eigenvalue weighted by Crippen LogP contribution is 2.24. The van der Waals surface area contributed by atoms with Crippen molar-refractivity contribution in [3.8, 4) is 6.07 Å². The second-order valence-electron chi connectivity index (χ2n) is 4.72. The quantitative estimate of drug-likeness (QED) is 0.795. The van der Waals surface area contributed by atoms with E-state index >= 15 is 0 Å². The predicted octanol–water partition coefficient (Wildman–Crippen LogP) is 1.71. The largest absolute Gasteiger partial charge is 0.480 e. The Morgan fingerprint density at radius 3 is 2.65 bits per heavy atom. The van der Waals surface area contributed by atoms with Gasteiger partial charge in [0, 0.05) is 23.5 Å². The van der Waals surface area contributed by atoms with Gasteiger partial charge in [-0.25, -0.2) is 4.79 Å². The second kappa shape index (κ2) is 6.00. The molecule has 0 spiro atoms. The number of rotatable bonds is 4. The van der Waals surface area contributed by atoms with Crippen LogP contribution >= 0.6 is 0 Å². The minimum atomic E-state index is -5.17. The van der Waals surface area contributed by atoms with Crippen molar-refractivity contribution >= 4 is 22.8 Å². The van der Waals surface area contributed by atoms with E-state index in [9.17, 15) is 22.8 Å². The van der Waals surface area contributed by atoms with Crippen LogP contribution in [-0.4, -0.2) is 34.2 Å². The number of nitrogens with zero attached hydrogens (tertiary/aromatic N) is 1. The first-order chi connectivity index (χ1) is 10.7. The minimum Gasteiger partial charge on any atom is -0.480 e. The number of halogens is 3. The number of carboxylic acids is 1. The Labute approximate surface area is 127 Å². The van der Waals surface area contributed by atoms with Crippen molar-refractivity contribution < 1.29 is 27.9 Å². The number of hydrogen-bond donors (Lipinski definition) is 3. The lowest BCUT2D eigenvalue weighted by molar-refractivity contribution is -0.175. The number of aromatic nitrogens is 1. The van der Waals surface area contributed by atoms with Crippen LogP contribution in [0.5, 0.6) is 0 Å². The first-order valence-electron chi connectivity index (χ1n) is 6.33. The van der Waals surface area contributed by atoms with Crippen LogP contribution < -0.4 is 5.32 Å². The second-order valence-corrected chi connectivity index (χ2v) is 4.72. The van der Waals surface area contributed by atoms with Crippen molar-refractivity contribution in [3.05, 3.63) is 35.5 Å². The molecular formula is C14H10F3N3O3. The van der Waals surface area contributed by atoms with E-state index < -0.39 is 30.5 Å². The van der Waals surface area contributed by atoms with Crippen molar-refractivity contribution in [1.29, 1.82) is 5.26 Å². The number of amides is 1. The molecule has 2 rings (SSSR count). The summed E-state index contributed by atoms with van der Waals surface area (Å²) in [6.07, 6.45) is -4.16. The third-order valence-corrected chi connectivity index (χ3v) is 3.19. The average Bonchev–Trinajstić information content (AvgIpc) is 2.88. The molecule has 0 radical (unpaired) electrons. The number of nitriles is 1. The van der Waals surface area contributed by atoms with E-state index in [1.165, 1.54) is 17.6 Å². The maximum atomic E-state index is 12.3. The molecule has 23 heavy (non-hydrogen) atoms. The molecule has 1 heterocycles. The average molecular weight is 325 g/mol. The van der Waals surface area contributed by atoms with Gasteiger partial charge in [0.05, 0.1) is 11.6 Å². The normalized spacial score (nSPS) is 12.6. The van der Waals surface area contributed by atoms with Crippen molar-refractivity contribution in [2.45, 2.75) is 18.6 Å². The van der Waals surface area contributed by atoms with Crippen LogP contribution in [0.15, 0.2) is 24.4 Å². The zero-order valence-electron chi connectivity index (χ0n) is 11.4. The minimum absolute atomic E-state index is 0.255. The number of aliphatic carboxylic acids is 1. The van der Waals surface area contributed by atoms with Crippen molar-refractivity contribution in [3.63, 3.8) is 0 Å². The summed E-state index contributed by atoms with van der Waals surface area (Å²) in [6, 6.07) is 4.92. The molecule has 0 unspecified atom stereocenters. The van der Waals surface area contributed by atoms with Crippen molar-refractivity contribution in [2.75, 3.05) is 0 Å². The molecule has 9 heteroatoms. The van der Waals surface area contributed by atoms with E-state index in [1.54, 1.807) is 12.1 Å². The monoisotopic (exact) mass is 325 g/mol. The summed E-state index contributed by atoms with van der Waals surface area (Å²) in [5.74, 6) is -3.93. The Morgan fingerprint density at radius 1 is 1.39 bits per heavy atom. The SMILES string of the molecule is N#Cc1cccc2[nH]cc(C[C@H](NC(=O)C(F)(F)F)C(=O)O)c12. The fraction of sp³-hybridized carbons (Fsp3) is 0.214. The molecule has 120 valence electrons. The molecule has 2 aromatic rings. The molecular weight excluding hydrogens is 315 g/mol. The van der Waals surface area contributed by atoms with Gasteiger partial charge in [0.15, 0.2) is 0 Å². The molecule has 1 atom stereocenters. The van der Waals surface area contributed by atoms with Gasteiger partial charge in [0.1, 0.15) is 6.04 Å². The van der Waals surface area contributed by atoms with Gasteiger partial charge in [-0.2, -0.15) is 18.4 Å². The van der Waals surface area contributed by atoms with Crippen LogP contribution in [0.4, 0.5) is 13.2 Å². The molecule has 0 aliphatic heterocycles. The van der Waals surface area contributed by atoms with Crippen LogP contribution in [0, 0.1) is 11.3 Å². The van der Waals surface area contributed by atoms with Gasteiger partial charge in [0.25, 0.3) is 0 Å². The summed E-state index contributed by atoms with van der Waals surface area (Å²) in [5.41, 5.74) is 1.13. The zero-order chi connectivity index (χ0) is 17.2. The topological polar surface area (TPSA) is 106 Å². The number of H-pyrrole nitrogens is 1. The lowest BCUT2D eigenvalue weighted by atomic mass is 10.0. The smallest absolute Gasteiger partial charge is 0.471 e. The van der Waals surface area contributed by atoms with Crippen LogP contribution in [0.2, 0.25) is 0 Å². The molecule has 0 fully saturated rings. The van der Waals surface area contributed by atoms with E-state index in [0.29, 0.717) is 16.5 Å². The highest BCUT2D eigenvalue weighted by Gasteiger charge is 2.41. The number of carboxylic acid groups (broad SMARTS) is 1. The number of carbonyl (C=O) groups excluding carboxylic acids is 1. The Bertz CT molecular complexity index is 805. The molecule has 6 nitrogen and oxygen atoms in total. The molecule has 1 aromatic carbocycles. The van der Waals surface area contributed by atoms with Crippen molar-refractivity contribution in [1.82, 2.24) is 10.3 Å². The molecule has 0 aliphatic rings. The molecule has 0 saturated heterocycles. The van der Waals surface area contributed by atoms with Gasteiger partial charge >= 0.3 is 18.1 Å². The Balaban J connectivity index is 2.33. The van der Waals surface area contributed by atoms with E-state index in [-0.39, 0.29) is 5.56 Å². The van der Waals surface area contributed by atoms with Gasteiger partial charge in [-0.3, -0.25) is 4.79 Å². The first-order valence-corrected chi connectivity index (χ1v) is 6.33. The molecule has 3 N–H and O–H groups in total. The number of carbonyl (C=O) groups is 2. The highest BCUT2D eigenvalue weighted by atomic mass is 19.4. The number of nitrogens with one attached hydrogen (secondary N) is 2. The summed E-state index contributed by atoms with van der Waals surface area (Å²) in [7, 11) is 0. The lowest BCUT2D eigenvalue weighted by Gasteiger charge is -2.15. The summed E-state index contributed by atoms with van der Waals surface area (Å²) in [4.78, 5) is 24.9. The van der Waals surface area contributed by atoms with Crippen LogP contribution in [0.3, 0.4) is 0 Å². The van der Waals surface area contributed by atoms with Gasteiger partial charge in [0.2, 0.25) is 0 Å². The molecule has 0 bridgehead atoms. The molecule has 1 amide bonds.